The van der Waals surface area contributed by atoms with Crippen molar-refractivity contribution in [2.45, 2.75) is 26.2 Å². The van der Waals surface area contributed by atoms with Gasteiger partial charge in [0.2, 0.25) is 5.91 Å². The summed E-state index contributed by atoms with van der Waals surface area (Å²) in [5.41, 5.74) is 0.843. The average molecular weight is 349 g/mol. The van der Waals surface area contributed by atoms with Crippen LogP contribution in [0.1, 0.15) is 25.3 Å². The zero-order chi connectivity index (χ0) is 18.4. The van der Waals surface area contributed by atoms with Crippen molar-refractivity contribution in [1.29, 1.82) is 0 Å². The summed E-state index contributed by atoms with van der Waals surface area (Å²) in [5.74, 6) is -2.74. The van der Waals surface area contributed by atoms with Gasteiger partial charge in [-0.25, -0.2) is 14.1 Å². The molecule has 2 rings (SSSR count). The van der Waals surface area contributed by atoms with Crippen molar-refractivity contribution in [3.8, 4) is 0 Å². The van der Waals surface area contributed by atoms with Crippen molar-refractivity contribution in [2.75, 3.05) is 19.6 Å². The van der Waals surface area contributed by atoms with E-state index < -0.39 is 30.3 Å². The molecule has 0 bridgehead atoms. The van der Waals surface area contributed by atoms with Gasteiger partial charge in [0, 0.05) is 13.1 Å². The van der Waals surface area contributed by atoms with Gasteiger partial charge in [-0.1, -0.05) is 25.5 Å². The van der Waals surface area contributed by atoms with Gasteiger partial charge in [-0.3, -0.25) is 19.3 Å². The van der Waals surface area contributed by atoms with E-state index in [4.69, 9.17) is 0 Å². The number of amides is 5. The molecule has 1 saturated heterocycles. The lowest BCUT2D eigenvalue weighted by Gasteiger charge is -2.15. The average Bonchev–Trinajstić information content (AvgIpc) is 2.79. The number of hydrogen-bond donors (Lipinski definition) is 1. The number of nitrogens with zero attached hydrogens (tertiary/aromatic N) is 2. The normalized spacial score (nSPS) is 14.4. The van der Waals surface area contributed by atoms with Gasteiger partial charge in [-0.2, -0.15) is 0 Å². The van der Waals surface area contributed by atoms with E-state index in [2.05, 4.69) is 5.32 Å². The molecule has 0 spiro atoms. The predicted octanol–water partition coefficient (Wildman–Crippen LogP) is 1.08. The van der Waals surface area contributed by atoms with Gasteiger partial charge in [0.05, 0.1) is 0 Å². The van der Waals surface area contributed by atoms with E-state index in [9.17, 15) is 23.6 Å². The summed E-state index contributed by atoms with van der Waals surface area (Å²) in [6, 6.07) is 5.13. The van der Waals surface area contributed by atoms with Gasteiger partial charge in [-0.05, 0) is 30.5 Å². The molecular formula is C17H20FN3O4. The minimum absolute atomic E-state index is 0.169. The van der Waals surface area contributed by atoms with E-state index in [1.165, 1.54) is 12.1 Å². The number of hydrogen-bond acceptors (Lipinski definition) is 4. The van der Waals surface area contributed by atoms with E-state index in [-0.39, 0.29) is 18.9 Å². The fourth-order valence-electron chi connectivity index (χ4n) is 2.40. The van der Waals surface area contributed by atoms with Gasteiger partial charge < -0.3 is 5.32 Å². The fraction of sp³-hybridized carbons (Fsp3) is 0.412. The second kappa shape index (κ2) is 8.36. The Morgan fingerprint density at radius 2 is 1.72 bits per heavy atom. The van der Waals surface area contributed by atoms with E-state index >= 15 is 0 Å². The predicted molar refractivity (Wildman–Crippen MR) is 86.8 cm³/mol. The Kier molecular flexibility index (Phi) is 6.21. The number of unbranched alkanes of at least 4 members (excludes halogenated alkanes) is 1. The van der Waals surface area contributed by atoms with Crippen LogP contribution in [0.3, 0.4) is 0 Å². The Morgan fingerprint density at radius 1 is 1.08 bits per heavy atom. The van der Waals surface area contributed by atoms with Crippen LogP contribution in [0.15, 0.2) is 24.3 Å². The van der Waals surface area contributed by atoms with Crippen LogP contribution in [-0.2, 0) is 20.8 Å². The van der Waals surface area contributed by atoms with Crippen LogP contribution >= 0.6 is 0 Å². The maximum atomic E-state index is 12.8. The van der Waals surface area contributed by atoms with E-state index in [0.717, 1.165) is 16.9 Å². The molecule has 25 heavy (non-hydrogen) atoms. The van der Waals surface area contributed by atoms with E-state index in [0.29, 0.717) is 17.7 Å². The number of nitrogens with one attached hydrogen (secondary N) is 1. The van der Waals surface area contributed by atoms with Crippen molar-refractivity contribution >= 4 is 23.8 Å². The first-order valence-corrected chi connectivity index (χ1v) is 8.12. The molecule has 0 aliphatic carbocycles. The minimum atomic E-state index is -0.977. The Bertz CT molecular complexity index is 675. The molecule has 1 fully saturated rings. The molecule has 5 amide bonds. The first-order valence-electron chi connectivity index (χ1n) is 8.12. The summed E-state index contributed by atoms with van der Waals surface area (Å²) in [6.45, 7) is 1.85. The topological polar surface area (TPSA) is 86.8 Å². The molecule has 0 radical (unpaired) electrons. The number of rotatable bonds is 8. The minimum Gasteiger partial charge on any atom is -0.354 e. The molecule has 0 saturated carbocycles. The second-order valence-electron chi connectivity index (χ2n) is 5.71. The highest BCUT2D eigenvalue weighted by atomic mass is 19.1. The first-order chi connectivity index (χ1) is 11.9. The van der Waals surface area contributed by atoms with Crippen molar-refractivity contribution < 1.29 is 23.6 Å². The van der Waals surface area contributed by atoms with E-state index in [1.807, 2.05) is 6.92 Å². The molecule has 1 N–H and O–H groups in total. The monoisotopic (exact) mass is 349 g/mol. The quantitative estimate of drug-likeness (QED) is 0.562. The zero-order valence-electron chi connectivity index (χ0n) is 14.0. The Hall–Kier alpha value is -2.77. The maximum absolute atomic E-state index is 12.8. The van der Waals surface area contributed by atoms with Gasteiger partial charge >= 0.3 is 17.8 Å². The first kappa shape index (κ1) is 18.6. The Balaban J connectivity index is 1.83. The van der Waals surface area contributed by atoms with Crippen molar-refractivity contribution in [1.82, 2.24) is 15.1 Å². The summed E-state index contributed by atoms with van der Waals surface area (Å²) in [4.78, 5) is 49.2. The van der Waals surface area contributed by atoms with Gasteiger partial charge in [0.1, 0.15) is 12.4 Å². The third-order valence-corrected chi connectivity index (χ3v) is 3.82. The largest absolute Gasteiger partial charge is 0.354 e. The molecule has 1 heterocycles. The Labute approximate surface area is 144 Å². The van der Waals surface area contributed by atoms with Crippen molar-refractivity contribution in [2.24, 2.45) is 0 Å². The molecule has 1 aliphatic rings. The maximum Gasteiger partial charge on any atom is 0.334 e. The number of imide groups is 2. The van der Waals surface area contributed by atoms with Crippen LogP contribution in [0.2, 0.25) is 0 Å². The number of benzene rings is 1. The molecular weight excluding hydrogens is 329 g/mol. The molecule has 0 unspecified atom stereocenters. The highest BCUT2D eigenvalue weighted by Crippen LogP contribution is 2.12. The zero-order valence-corrected chi connectivity index (χ0v) is 14.0. The van der Waals surface area contributed by atoms with Crippen LogP contribution in [0.5, 0.6) is 0 Å². The Morgan fingerprint density at radius 3 is 2.36 bits per heavy atom. The summed E-state index contributed by atoms with van der Waals surface area (Å²) in [6.07, 6.45) is 1.85. The summed E-state index contributed by atoms with van der Waals surface area (Å²) >= 11 is 0. The van der Waals surface area contributed by atoms with Crippen LogP contribution in [0, 0.1) is 5.82 Å². The second-order valence-corrected chi connectivity index (χ2v) is 5.71. The lowest BCUT2D eigenvalue weighted by Crippen LogP contribution is -2.42. The van der Waals surface area contributed by atoms with Crippen LogP contribution in [-0.4, -0.2) is 53.2 Å². The smallest absolute Gasteiger partial charge is 0.334 e. The van der Waals surface area contributed by atoms with Crippen LogP contribution in [0.25, 0.3) is 0 Å². The molecule has 1 aromatic carbocycles. The van der Waals surface area contributed by atoms with Gasteiger partial charge in [-0.15, -0.1) is 0 Å². The number of urea groups is 1. The summed E-state index contributed by atoms with van der Waals surface area (Å²) in [5, 5.41) is 2.58. The fourth-order valence-corrected chi connectivity index (χ4v) is 2.40. The van der Waals surface area contributed by atoms with Gasteiger partial charge in [0.15, 0.2) is 0 Å². The molecule has 1 aromatic rings. The lowest BCUT2D eigenvalue weighted by atomic mass is 10.1. The molecule has 0 atom stereocenters. The summed E-state index contributed by atoms with van der Waals surface area (Å²) in [7, 11) is 0. The van der Waals surface area contributed by atoms with Crippen molar-refractivity contribution in [3.63, 3.8) is 0 Å². The van der Waals surface area contributed by atoms with Crippen molar-refractivity contribution in [3.05, 3.63) is 35.6 Å². The summed E-state index contributed by atoms with van der Waals surface area (Å²) < 4.78 is 12.8. The molecule has 8 heteroatoms. The SMILES string of the molecule is CCCCN1C(=O)C(=O)N(CC(=O)NCCc2ccc(F)cc2)C1=O. The highest BCUT2D eigenvalue weighted by Gasteiger charge is 2.44. The standard InChI is InChI=1S/C17H20FN3O4/c1-2-3-10-20-15(23)16(24)21(17(20)25)11-14(22)19-9-8-12-4-6-13(18)7-5-12/h4-7H,2-3,8-11H2,1H3,(H,19,22). The van der Waals surface area contributed by atoms with Crippen LogP contribution in [0.4, 0.5) is 9.18 Å². The van der Waals surface area contributed by atoms with Gasteiger partial charge in [0.25, 0.3) is 0 Å². The lowest BCUT2D eigenvalue weighted by molar-refractivity contribution is -0.144. The third-order valence-electron chi connectivity index (χ3n) is 3.82. The number of carbonyl (C=O) groups excluding carboxylic acids is 4. The third kappa shape index (κ3) is 4.62. The van der Waals surface area contributed by atoms with E-state index in [1.54, 1.807) is 12.1 Å². The molecule has 1 aliphatic heterocycles. The molecule has 134 valence electrons. The molecule has 7 nitrogen and oxygen atoms in total. The number of halogens is 1. The molecule has 0 aromatic heterocycles. The highest BCUT2D eigenvalue weighted by molar-refractivity contribution is 6.45. The van der Waals surface area contributed by atoms with Crippen LogP contribution < -0.4 is 5.32 Å². The number of carbonyl (C=O) groups is 4.